The number of halogens is 2. The molecule has 2 unspecified atom stereocenters. The van der Waals surface area contributed by atoms with Crippen LogP contribution in [0.15, 0.2) is 34.4 Å². The van der Waals surface area contributed by atoms with Gasteiger partial charge in [0.05, 0.1) is 40.2 Å². The number of nitrogens with two attached hydrogens (primary N) is 1. The van der Waals surface area contributed by atoms with Crippen LogP contribution in [-0.4, -0.2) is 70.5 Å². The first kappa shape index (κ1) is 28.3. The highest BCUT2D eigenvalue weighted by Crippen LogP contribution is 2.37. The number of ether oxygens (including phenoxy) is 1. The van der Waals surface area contributed by atoms with Gasteiger partial charge in [-0.15, -0.1) is 0 Å². The molecule has 1 aromatic rings. The molecular formula is C24H31Cl2N5O4S. The molecule has 3 heterocycles. The SMILES string of the molecule is CC(c1ccc(Cl)c(Cl)c1)N1N=C(N)CC1=O.CCOC(=O)/C=C1/SC(N2CCCCC2)C(=O)N1C. The summed E-state index contributed by atoms with van der Waals surface area (Å²) in [6, 6.07) is 5.03. The van der Waals surface area contributed by atoms with Crippen LogP contribution in [0, 0.1) is 0 Å². The lowest BCUT2D eigenvalue weighted by atomic mass is 10.1. The first-order valence-electron chi connectivity index (χ1n) is 11.8. The predicted molar refractivity (Wildman–Crippen MR) is 142 cm³/mol. The second kappa shape index (κ2) is 12.8. The molecule has 0 aliphatic carbocycles. The Balaban J connectivity index is 0.000000202. The summed E-state index contributed by atoms with van der Waals surface area (Å²) in [5.74, 6) is -0.102. The number of benzene rings is 1. The van der Waals surface area contributed by atoms with Gasteiger partial charge in [0.15, 0.2) is 0 Å². The molecule has 2 fully saturated rings. The number of hydrogen-bond acceptors (Lipinski definition) is 8. The van der Waals surface area contributed by atoms with Crippen LogP contribution in [0.5, 0.6) is 0 Å². The molecule has 0 bridgehead atoms. The average Bonchev–Trinajstić information content (AvgIpc) is 3.34. The van der Waals surface area contributed by atoms with E-state index in [2.05, 4.69) is 10.0 Å². The van der Waals surface area contributed by atoms with E-state index in [1.165, 1.54) is 29.3 Å². The van der Waals surface area contributed by atoms with E-state index in [0.29, 0.717) is 27.5 Å². The van der Waals surface area contributed by atoms with Crippen molar-refractivity contribution in [1.82, 2.24) is 14.8 Å². The first-order valence-corrected chi connectivity index (χ1v) is 13.4. The van der Waals surface area contributed by atoms with Gasteiger partial charge in [-0.05, 0) is 57.5 Å². The van der Waals surface area contributed by atoms with Gasteiger partial charge in [0.25, 0.3) is 11.8 Å². The second-order valence-corrected chi connectivity index (χ2v) is 10.5. The lowest BCUT2D eigenvalue weighted by Crippen LogP contribution is -2.42. The van der Waals surface area contributed by atoms with Crippen molar-refractivity contribution >= 4 is 58.6 Å². The third-order valence-electron chi connectivity index (χ3n) is 5.97. The van der Waals surface area contributed by atoms with Crippen LogP contribution in [0.1, 0.15) is 51.1 Å². The first-order chi connectivity index (χ1) is 17.1. The van der Waals surface area contributed by atoms with Crippen LogP contribution in [0.3, 0.4) is 0 Å². The quantitative estimate of drug-likeness (QED) is 0.432. The molecule has 196 valence electrons. The van der Waals surface area contributed by atoms with E-state index < -0.39 is 0 Å². The van der Waals surface area contributed by atoms with Crippen molar-refractivity contribution in [3.05, 3.63) is 44.9 Å². The summed E-state index contributed by atoms with van der Waals surface area (Å²) in [6.07, 6.45) is 5.11. The second-order valence-electron chi connectivity index (χ2n) is 8.55. The normalized spacial score (nSPS) is 22.4. The van der Waals surface area contributed by atoms with Crippen LogP contribution in [0.2, 0.25) is 10.0 Å². The number of likely N-dealkylation sites (N-methyl/N-ethyl adjacent to an activating group) is 1. The van der Waals surface area contributed by atoms with Crippen molar-refractivity contribution in [2.75, 3.05) is 26.7 Å². The molecule has 2 N–H and O–H groups in total. The summed E-state index contributed by atoms with van der Waals surface area (Å²) in [5, 5.41) is 6.82. The summed E-state index contributed by atoms with van der Waals surface area (Å²) < 4.78 is 4.89. The smallest absolute Gasteiger partial charge is 0.333 e. The van der Waals surface area contributed by atoms with Crippen LogP contribution in [0.25, 0.3) is 0 Å². The van der Waals surface area contributed by atoms with Gasteiger partial charge in [-0.3, -0.25) is 14.5 Å². The Labute approximate surface area is 225 Å². The summed E-state index contributed by atoms with van der Waals surface area (Å²) in [6.45, 7) is 5.90. The standard InChI is InChI=1S/C13H20N2O3S.C11H11Cl2N3O/c1-3-18-11(16)9-10-14(2)12(17)13(19-10)15-7-5-4-6-8-15;1-6(16-11(17)5-10(14)15-16)7-2-3-8(12)9(13)4-7/h9,13H,3-8H2,1-2H3;2-4,6H,5H2,1H3,(H2,14,15)/b10-9+;. The minimum Gasteiger partial charge on any atom is -0.463 e. The monoisotopic (exact) mass is 555 g/mol. The molecule has 2 atom stereocenters. The van der Waals surface area contributed by atoms with Crippen LogP contribution in [-0.2, 0) is 19.1 Å². The number of amides is 2. The summed E-state index contributed by atoms with van der Waals surface area (Å²) in [5.41, 5.74) is 6.39. The van der Waals surface area contributed by atoms with E-state index in [1.807, 2.05) is 13.0 Å². The third kappa shape index (κ3) is 6.94. The molecule has 4 rings (SSSR count). The van der Waals surface area contributed by atoms with Crippen LogP contribution in [0.4, 0.5) is 0 Å². The Morgan fingerprint density at radius 2 is 1.94 bits per heavy atom. The van der Waals surface area contributed by atoms with Crippen molar-refractivity contribution in [3.8, 4) is 0 Å². The number of hydrogen-bond donors (Lipinski definition) is 1. The van der Waals surface area contributed by atoms with E-state index in [4.69, 9.17) is 33.7 Å². The largest absolute Gasteiger partial charge is 0.463 e. The Hall–Kier alpha value is -2.27. The summed E-state index contributed by atoms with van der Waals surface area (Å²) in [4.78, 5) is 39.1. The van der Waals surface area contributed by atoms with Crippen molar-refractivity contribution < 1.29 is 19.1 Å². The van der Waals surface area contributed by atoms with Gasteiger partial charge in [-0.25, -0.2) is 9.80 Å². The van der Waals surface area contributed by atoms with Gasteiger partial charge in [-0.1, -0.05) is 47.5 Å². The molecule has 0 spiro atoms. The molecule has 3 aliphatic rings. The number of thioether (sulfide) groups is 1. The molecule has 1 aromatic carbocycles. The minimum atomic E-state index is -0.385. The molecule has 36 heavy (non-hydrogen) atoms. The van der Waals surface area contributed by atoms with Gasteiger partial charge < -0.3 is 15.4 Å². The molecule has 0 radical (unpaired) electrons. The number of piperidine rings is 1. The van der Waals surface area contributed by atoms with Crippen molar-refractivity contribution in [2.45, 2.75) is 50.9 Å². The number of esters is 1. The third-order valence-corrected chi connectivity index (χ3v) is 8.07. The van der Waals surface area contributed by atoms with E-state index >= 15 is 0 Å². The summed E-state index contributed by atoms with van der Waals surface area (Å²) in [7, 11) is 1.71. The molecule has 3 aliphatic heterocycles. The Morgan fingerprint density at radius 3 is 2.53 bits per heavy atom. The van der Waals surface area contributed by atoms with E-state index in [-0.39, 0.29) is 35.6 Å². The van der Waals surface area contributed by atoms with Gasteiger partial charge in [0, 0.05) is 7.05 Å². The van der Waals surface area contributed by atoms with Crippen molar-refractivity contribution in [2.24, 2.45) is 10.8 Å². The van der Waals surface area contributed by atoms with E-state index in [1.54, 1.807) is 31.0 Å². The molecule has 9 nitrogen and oxygen atoms in total. The highest BCUT2D eigenvalue weighted by Gasteiger charge is 2.39. The lowest BCUT2D eigenvalue weighted by Gasteiger charge is -2.29. The number of rotatable bonds is 5. The zero-order valence-corrected chi connectivity index (χ0v) is 22.9. The number of carbonyl (C=O) groups is 3. The highest BCUT2D eigenvalue weighted by atomic mass is 35.5. The Kier molecular flexibility index (Phi) is 10.1. The van der Waals surface area contributed by atoms with Crippen LogP contribution < -0.4 is 5.73 Å². The fourth-order valence-electron chi connectivity index (χ4n) is 4.00. The Bertz CT molecular complexity index is 1060. The van der Waals surface area contributed by atoms with Gasteiger partial charge >= 0.3 is 5.97 Å². The van der Waals surface area contributed by atoms with E-state index in [9.17, 15) is 14.4 Å². The van der Waals surface area contributed by atoms with Crippen LogP contribution >= 0.6 is 35.0 Å². The molecule has 0 saturated carbocycles. The van der Waals surface area contributed by atoms with E-state index in [0.717, 1.165) is 31.5 Å². The molecule has 2 amide bonds. The Morgan fingerprint density at radius 1 is 1.25 bits per heavy atom. The number of amidine groups is 1. The number of likely N-dealkylation sites (tertiary alicyclic amines) is 1. The fourth-order valence-corrected chi connectivity index (χ4v) is 5.57. The highest BCUT2D eigenvalue weighted by molar-refractivity contribution is 8.04. The lowest BCUT2D eigenvalue weighted by molar-refractivity contribution is -0.137. The zero-order chi connectivity index (χ0) is 26.4. The van der Waals surface area contributed by atoms with Crippen molar-refractivity contribution in [3.63, 3.8) is 0 Å². The summed E-state index contributed by atoms with van der Waals surface area (Å²) >= 11 is 13.2. The molecule has 2 saturated heterocycles. The predicted octanol–water partition coefficient (Wildman–Crippen LogP) is 3.97. The minimum absolute atomic E-state index is 0.0578. The van der Waals surface area contributed by atoms with Crippen molar-refractivity contribution in [1.29, 1.82) is 0 Å². The van der Waals surface area contributed by atoms with Gasteiger partial charge in [-0.2, -0.15) is 5.10 Å². The average molecular weight is 557 g/mol. The molecular weight excluding hydrogens is 525 g/mol. The number of carbonyl (C=O) groups excluding carboxylic acids is 3. The molecule has 0 aromatic heterocycles. The zero-order valence-electron chi connectivity index (χ0n) is 20.6. The maximum absolute atomic E-state index is 12.2. The molecule has 12 heteroatoms. The maximum Gasteiger partial charge on any atom is 0.333 e. The number of hydrazone groups is 1. The van der Waals surface area contributed by atoms with Gasteiger partial charge in [0.2, 0.25) is 0 Å². The van der Waals surface area contributed by atoms with Gasteiger partial charge in [0.1, 0.15) is 11.2 Å². The number of nitrogens with zero attached hydrogens (tertiary/aromatic N) is 4. The fraction of sp³-hybridized carbons (Fsp3) is 0.500. The maximum atomic E-state index is 12.2. The topological polar surface area (TPSA) is 109 Å².